The van der Waals surface area contributed by atoms with Gasteiger partial charge in [0.1, 0.15) is 17.6 Å². The lowest BCUT2D eigenvalue weighted by molar-refractivity contribution is -0.156. The highest BCUT2D eigenvalue weighted by Gasteiger charge is 2.39. The van der Waals surface area contributed by atoms with Crippen LogP contribution in [0.1, 0.15) is 65.0 Å². The first-order valence-electron chi connectivity index (χ1n) is 8.22. The van der Waals surface area contributed by atoms with Crippen molar-refractivity contribution in [3.05, 3.63) is 18.0 Å². The maximum absolute atomic E-state index is 12.5. The van der Waals surface area contributed by atoms with Crippen LogP contribution in [0.3, 0.4) is 0 Å². The van der Waals surface area contributed by atoms with Crippen LogP contribution in [0.5, 0.6) is 0 Å². The summed E-state index contributed by atoms with van der Waals surface area (Å²) < 4.78 is 37.8. The van der Waals surface area contributed by atoms with Gasteiger partial charge in [-0.3, -0.25) is 4.79 Å². The van der Waals surface area contributed by atoms with Gasteiger partial charge in [-0.2, -0.15) is 0 Å². The Morgan fingerprint density at radius 3 is 2.54 bits per heavy atom. The third-order valence-electron chi connectivity index (χ3n) is 3.91. The van der Waals surface area contributed by atoms with Gasteiger partial charge in [0.15, 0.2) is 0 Å². The van der Waals surface area contributed by atoms with Gasteiger partial charge in [0.05, 0.1) is 12.1 Å². The maximum atomic E-state index is 12.5. The Hall–Kier alpha value is -1.41. The highest BCUT2D eigenvalue weighted by atomic mass is 32.2. The molecule has 1 aromatic rings. The SMILES string of the molecule is CC(C)(C)OC(=O)CC1(NS(=O)(=O)Cc2ccon2)CCCCC1. The first-order chi connectivity index (χ1) is 11.1. The van der Waals surface area contributed by atoms with E-state index in [2.05, 4.69) is 14.4 Å². The topological polar surface area (TPSA) is 98.5 Å². The van der Waals surface area contributed by atoms with Crippen molar-refractivity contribution in [2.75, 3.05) is 0 Å². The Kier molecular flexibility index (Phi) is 5.70. The van der Waals surface area contributed by atoms with E-state index < -0.39 is 21.2 Å². The van der Waals surface area contributed by atoms with E-state index in [1.165, 1.54) is 12.3 Å². The molecule has 1 saturated carbocycles. The number of esters is 1. The molecule has 0 amide bonds. The first-order valence-corrected chi connectivity index (χ1v) is 9.87. The van der Waals surface area contributed by atoms with Gasteiger partial charge >= 0.3 is 5.97 Å². The Morgan fingerprint density at radius 1 is 1.33 bits per heavy atom. The van der Waals surface area contributed by atoms with Gasteiger partial charge in [0.25, 0.3) is 0 Å². The first kappa shape index (κ1) is 18.9. The van der Waals surface area contributed by atoms with Crippen LogP contribution in [0.4, 0.5) is 0 Å². The summed E-state index contributed by atoms with van der Waals surface area (Å²) in [7, 11) is -3.63. The van der Waals surface area contributed by atoms with Crippen molar-refractivity contribution in [3.8, 4) is 0 Å². The number of ether oxygens (including phenoxy) is 1. The van der Waals surface area contributed by atoms with E-state index in [4.69, 9.17) is 4.74 Å². The fourth-order valence-corrected chi connectivity index (χ4v) is 4.62. The van der Waals surface area contributed by atoms with Crippen LogP contribution in [0, 0.1) is 0 Å². The average molecular weight is 358 g/mol. The standard InChI is InChI=1S/C16H26N2O5S/c1-15(2,3)23-14(19)11-16(8-5-4-6-9-16)18-24(20,21)12-13-7-10-22-17-13/h7,10,18H,4-6,8-9,11-12H2,1-3H3. The fraction of sp³-hybridized carbons (Fsp3) is 0.750. The lowest BCUT2D eigenvalue weighted by Gasteiger charge is -2.37. The van der Waals surface area contributed by atoms with E-state index >= 15 is 0 Å². The summed E-state index contributed by atoms with van der Waals surface area (Å²) in [5.74, 6) is -0.645. The third-order valence-corrected chi connectivity index (χ3v) is 5.33. The molecule has 0 aromatic carbocycles. The molecule has 0 spiro atoms. The lowest BCUT2D eigenvalue weighted by atomic mass is 9.80. The number of carbonyl (C=O) groups is 1. The monoisotopic (exact) mass is 358 g/mol. The third kappa shape index (κ3) is 5.90. The molecular formula is C16H26N2O5S. The quantitative estimate of drug-likeness (QED) is 0.785. The molecule has 7 nitrogen and oxygen atoms in total. The zero-order valence-corrected chi connectivity index (χ0v) is 15.3. The molecule has 1 aromatic heterocycles. The maximum Gasteiger partial charge on any atom is 0.308 e. The molecule has 1 fully saturated rings. The van der Waals surface area contributed by atoms with Crippen molar-refractivity contribution < 1.29 is 22.5 Å². The Bertz CT molecular complexity index is 641. The minimum absolute atomic E-state index is 0.0440. The predicted octanol–water partition coefficient (Wildman–Crippen LogP) is 2.53. The molecule has 1 aliphatic carbocycles. The molecule has 1 N–H and O–H groups in total. The van der Waals surface area contributed by atoms with Gasteiger partial charge in [-0.05, 0) is 33.6 Å². The summed E-state index contributed by atoms with van der Waals surface area (Å²) in [6, 6.07) is 1.51. The molecule has 136 valence electrons. The second-order valence-corrected chi connectivity index (χ2v) is 9.18. The van der Waals surface area contributed by atoms with Crippen molar-refractivity contribution >= 4 is 16.0 Å². The highest BCUT2D eigenvalue weighted by molar-refractivity contribution is 7.88. The number of aromatic nitrogens is 1. The largest absolute Gasteiger partial charge is 0.460 e. The Labute approximate surface area is 143 Å². The summed E-state index contributed by atoms with van der Waals surface area (Å²) in [4.78, 5) is 12.3. The minimum Gasteiger partial charge on any atom is -0.460 e. The fourth-order valence-electron chi connectivity index (χ4n) is 3.07. The van der Waals surface area contributed by atoms with Gasteiger partial charge in [-0.15, -0.1) is 0 Å². The average Bonchev–Trinajstić information content (AvgIpc) is 2.88. The number of carbonyl (C=O) groups excluding carboxylic acids is 1. The van der Waals surface area contributed by atoms with Crippen LogP contribution < -0.4 is 4.72 Å². The van der Waals surface area contributed by atoms with Crippen LogP contribution in [-0.4, -0.2) is 30.7 Å². The number of sulfonamides is 1. The summed E-state index contributed by atoms with van der Waals surface area (Å²) in [5, 5.41) is 3.64. The van der Waals surface area contributed by atoms with Crippen molar-refractivity contribution in [1.29, 1.82) is 0 Å². The molecule has 8 heteroatoms. The zero-order valence-electron chi connectivity index (χ0n) is 14.5. The molecule has 24 heavy (non-hydrogen) atoms. The van der Waals surface area contributed by atoms with Gasteiger partial charge in [-0.25, -0.2) is 13.1 Å². The van der Waals surface area contributed by atoms with Gasteiger partial charge in [-0.1, -0.05) is 24.4 Å². The second-order valence-electron chi connectivity index (χ2n) is 7.46. The highest BCUT2D eigenvalue weighted by Crippen LogP contribution is 2.33. The smallest absolute Gasteiger partial charge is 0.308 e. The van der Waals surface area contributed by atoms with Crippen LogP contribution in [0.25, 0.3) is 0 Å². The molecule has 0 bridgehead atoms. The Balaban J connectivity index is 2.10. The number of hydrogen-bond donors (Lipinski definition) is 1. The number of rotatable bonds is 6. The van der Waals surface area contributed by atoms with Crippen LogP contribution in [-0.2, 0) is 25.3 Å². The zero-order chi connectivity index (χ0) is 17.8. The van der Waals surface area contributed by atoms with E-state index in [9.17, 15) is 13.2 Å². The summed E-state index contributed by atoms with van der Waals surface area (Å²) in [6.45, 7) is 5.40. The van der Waals surface area contributed by atoms with Gasteiger partial charge in [0, 0.05) is 11.6 Å². The van der Waals surface area contributed by atoms with E-state index in [0.717, 1.165) is 19.3 Å². The molecule has 0 aliphatic heterocycles. The van der Waals surface area contributed by atoms with Crippen molar-refractivity contribution in [1.82, 2.24) is 9.88 Å². The molecule has 1 aliphatic rings. The van der Waals surface area contributed by atoms with Gasteiger partial charge in [0.2, 0.25) is 10.0 Å². The molecule has 0 radical (unpaired) electrons. The molecule has 2 rings (SSSR count). The molecule has 0 saturated heterocycles. The predicted molar refractivity (Wildman–Crippen MR) is 88.5 cm³/mol. The molecule has 0 atom stereocenters. The van der Waals surface area contributed by atoms with Crippen molar-refractivity contribution in [2.45, 2.75) is 76.2 Å². The van der Waals surface area contributed by atoms with Gasteiger partial charge < -0.3 is 9.26 Å². The van der Waals surface area contributed by atoms with E-state index in [0.29, 0.717) is 18.5 Å². The molecule has 1 heterocycles. The van der Waals surface area contributed by atoms with Crippen LogP contribution in [0.15, 0.2) is 16.9 Å². The summed E-state index contributed by atoms with van der Waals surface area (Å²) in [6.07, 6.45) is 5.45. The van der Waals surface area contributed by atoms with Crippen LogP contribution >= 0.6 is 0 Å². The van der Waals surface area contributed by atoms with Crippen molar-refractivity contribution in [3.63, 3.8) is 0 Å². The van der Waals surface area contributed by atoms with Crippen LogP contribution in [0.2, 0.25) is 0 Å². The number of nitrogens with one attached hydrogen (secondary N) is 1. The summed E-state index contributed by atoms with van der Waals surface area (Å²) in [5.41, 5.74) is -1.03. The van der Waals surface area contributed by atoms with E-state index in [1.54, 1.807) is 20.8 Å². The normalized spacial score (nSPS) is 18.3. The van der Waals surface area contributed by atoms with E-state index in [1.807, 2.05) is 0 Å². The second kappa shape index (κ2) is 7.23. The lowest BCUT2D eigenvalue weighted by Crippen LogP contribution is -2.51. The molecular weight excluding hydrogens is 332 g/mol. The number of hydrogen-bond acceptors (Lipinski definition) is 6. The minimum atomic E-state index is -3.63. The number of nitrogens with zero attached hydrogens (tertiary/aromatic N) is 1. The van der Waals surface area contributed by atoms with Crippen molar-refractivity contribution in [2.24, 2.45) is 0 Å². The molecule has 0 unspecified atom stereocenters. The Morgan fingerprint density at radius 2 is 2.00 bits per heavy atom. The summed E-state index contributed by atoms with van der Waals surface area (Å²) >= 11 is 0. The van der Waals surface area contributed by atoms with E-state index in [-0.39, 0.29) is 18.1 Å².